The lowest BCUT2D eigenvalue weighted by Gasteiger charge is -2.14. The van der Waals surface area contributed by atoms with Crippen LogP contribution in [0.1, 0.15) is 23.3 Å². The van der Waals surface area contributed by atoms with Gasteiger partial charge in [-0.1, -0.05) is 0 Å². The van der Waals surface area contributed by atoms with E-state index in [0.717, 1.165) is 11.1 Å². The number of aryl methyl sites for hydroxylation is 2. The van der Waals surface area contributed by atoms with E-state index in [1.165, 1.54) is 23.3 Å². The first kappa shape index (κ1) is 21.0. The lowest BCUT2D eigenvalue weighted by atomic mass is 10.1. The topological polar surface area (TPSA) is 132 Å². The van der Waals surface area contributed by atoms with Gasteiger partial charge in [0, 0.05) is 19.0 Å². The molecule has 0 saturated carbocycles. The standard InChI is InChI=1S/C20H21N3O7/c1-12-6-16(17(23(27)28)7-13(12)2)21-18(24)11-30-20(26)14-8-19(25)22(9-14)10-15-4-3-5-29-15/h3-7,14H,8-11H2,1-2H3,(H,21,24)/t14-/m1/s1. The SMILES string of the molecule is Cc1cc(NC(=O)COC(=O)[C@@H]2CC(=O)N(Cc3ccco3)C2)c([N+](=O)[O-])cc1C. The summed E-state index contributed by atoms with van der Waals surface area (Å²) in [4.78, 5) is 48.6. The minimum Gasteiger partial charge on any atom is -0.467 e. The summed E-state index contributed by atoms with van der Waals surface area (Å²) < 4.78 is 10.2. The Morgan fingerprint density at radius 2 is 2.07 bits per heavy atom. The van der Waals surface area contributed by atoms with E-state index >= 15 is 0 Å². The summed E-state index contributed by atoms with van der Waals surface area (Å²) in [5.74, 6) is -1.66. The molecule has 1 aromatic heterocycles. The van der Waals surface area contributed by atoms with Crippen LogP contribution >= 0.6 is 0 Å². The highest BCUT2D eigenvalue weighted by atomic mass is 16.6. The molecular weight excluding hydrogens is 394 g/mol. The van der Waals surface area contributed by atoms with E-state index in [4.69, 9.17) is 9.15 Å². The number of nitro groups is 1. The highest BCUT2D eigenvalue weighted by Gasteiger charge is 2.36. The molecule has 1 aliphatic rings. The molecule has 2 heterocycles. The summed E-state index contributed by atoms with van der Waals surface area (Å²) >= 11 is 0. The highest BCUT2D eigenvalue weighted by Crippen LogP contribution is 2.28. The molecule has 158 valence electrons. The fourth-order valence-electron chi connectivity index (χ4n) is 3.17. The smallest absolute Gasteiger partial charge is 0.311 e. The minimum absolute atomic E-state index is 0.0101. The summed E-state index contributed by atoms with van der Waals surface area (Å²) in [6, 6.07) is 6.30. The maximum atomic E-state index is 12.3. The summed E-state index contributed by atoms with van der Waals surface area (Å²) in [6.45, 7) is 3.31. The summed E-state index contributed by atoms with van der Waals surface area (Å²) in [5, 5.41) is 13.6. The van der Waals surface area contributed by atoms with Gasteiger partial charge in [-0.15, -0.1) is 0 Å². The largest absolute Gasteiger partial charge is 0.467 e. The molecule has 0 bridgehead atoms. The molecule has 1 atom stereocenters. The lowest BCUT2D eigenvalue weighted by Crippen LogP contribution is -2.28. The molecule has 0 radical (unpaired) electrons. The quantitative estimate of drug-likeness (QED) is 0.417. The normalized spacial score (nSPS) is 15.9. The van der Waals surface area contributed by atoms with Gasteiger partial charge in [-0.3, -0.25) is 24.5 Å². The fraction of sp³-hybridized carbons (Fsp3) is 0.350. The van der Waals surface area contributed by atoms with Crippen LogP contribution in [0.15, 0.2) is 34.9 Å². The number of likely N-dealkylation sites (tertiary alicyclic amines) is 1. The van der Waals surface area contributed by atoms with E-state index in [-0.39, 0.29) is 36.8 Å². The first-order chi connectivity index (χ1) is 14.2. The number of amides is 2. The van der Waals surface area contributed by atoms with Gasteiger partial charge in [0.15, 0.2) is 6.61 Å². The average Bonchev–Trinajstić information content (AvgIpc) is 3.33. The number of esters is 1. The van der Waals surface area contributed by atoms with Crippen LogP contribution in [0.4, 0.5) is 11.4 Å². The number of ether oxygens (including phenoxy) is 1. The van der Waals surface area contributed by atoms with Crippen molar-refractivity contribution in [3.63, 3.8) is 0 Å². The number of hydrogen-bond acceptors (Lipinski definition) is 7. The second kappa shape index (κ2) is 8.76. The Bertz CT molecular complexity index is 985. The van der Waals surface area contributed by atoms with Crippen LogP contribution in [0.5, 0.6) is 0 Å². The predicted molar refractivity (Wildman–Crippen MR) is 104 cm³/mol. The number of nitro benzene ring substituents is 1. The second-order valence-electron chi connectivity index (χ2n) is 7.12. The van der Waals surface area contributed by atoms with E-state index in [1.54, 1.807) is 26.0 Å². The molecule has 10 heteroatoms. The van der Waals surface area contributed by atoms with Gasteiger partial charge in [-0.05, 0) is 43.2 Å². The Balaban J connectivity index is 1.54. The third kappa shape index (κ3) is 4.83. The first-order valence-electron chi connectivity index (χ1n) is 9.27. The van der Waals surface area contributed by atoms with E-state index in [2.05, 4.69) is 5.32 Å². The number of carbonyl (C=O) groups is 3. The van der Waals surface area contributed by atoms with Crippen molar-refractivity contribution in [2.24, 2.45) is 5.92 Å². The van der Waals surface area contributed by atoms with Gasteiger partial charge in [0.1, 0.15) is 11.4 Å². The Hall–Kier alpha value is -3.69. The zero-order valence-electron chi connectivity index (χ0n) is 16.5. The van der Waals surface area contributed by atoms with Crippen molar-refractivity contribution in [1.82, 2.24) is 4.90 Å². The molecule has 30 heavy (non-hydrogen) atoms. The van der Waals surface area contributed by atoms with Crippen molar-refractivity contribution in [1.29, 1.82) is 0 Å². The summed E-state index contributed by atoms with van der Waals surface area (Å²) in [5.41, 5.74) is 1.28. The maximum Gasteiger partial charge on any atom is 0.311 e. The number of anilines is 1. The molecule has 2 amide bonds. The molecule has 0 unspecified atom stereocenters. The van der Waals surface area contributed by atoms with Crippen LogP contribution in [-0.4, -0.2) is 40.8 Å². The van der Waals surface area contributed by atoms with Gasteiger partial charge < -0.3 is 19.4 Å². The number of hydrogen-bond donors (Lipinski definition) is 1. The number of nitrogens with one attached hydrogen (secondary N) is 1. The van der Waals surface area contributed by atoms with Gasteiger partial charge in [-0.2, -0.15) is 0 Å². The molecule has 2 aromatic rings. The van der Waals surface area contributed by atoms with Crippen molar-refractivity contribution >= 4 is 29.2 Å². The van der Waals surface area contributed by atoms with Crippen LogP contribution in [0.25, 0.3) is 0 Å². The van der Waals surface area contributed by atoms with Crippen molar-refractivity contribution < 1.29 is 28.5 Å². The van der Waals surface area contributed by atoms with Gasteiger partial charge in [-0.25, -0.2) is 0 Å². The number of nitrogens with zero attached hydrogens (tertiary/aromatic N) is 2. The molecule has 1 saturated heterocycles. The van der Waals surface area contributed by atoms with Crippen LogP contribution in [0, 0.1) is 29.9 Å². The van der Waals surface area contributed by atoms with Gasteiger partial charge in [0.05, 0.1) is 23.6 Å². The van der Waals surface area contributed by atoms with E-state index in [0.29, 0.717) is 5.76 Å². The zero-order chi connectivity index (χ0) is 21.8. The fourth-order valence-corrected chi connectivity index (χ4v) is 3.17. The highest BCUT2D eigenvalue weighted by molar-refractivity contribution is 5.95. The number of furan rings is 1. The van der Waals surface area contributed by atoms with Crippen LogP contribution < -0.4 is 5.32 Å². The van der Waals surface area contributed by atoms with E-state index < -0.39 is 29.3 Å². The zero-order valence-corrected chi connectivity index (χ0v) is 16.5. The van der Waals surface area contributed by atoms with Crippen LogP contribution in [-0.2, 0) is 25.7 Å². The monoisotopic (exact) mass is 415 g/mol. The van der Waals surface area contributed by atoms with Gasteiger partial charge in [0.25, 0.3) is 11.6 Å². The number of rotatable bonds is 7. The van der Waals surface area contributed by atoms with E-state index in [1.807, 2.05) is 0 Å². The second-order valence-corrected chi connectivity index (χ2v) is 7.12. The lowest BCUT2D eigenvalue weighted by molar-refractivity contribution is -0.384. The molecular formula is C20H21N3O7. The van der Waals surface area contributed by atoms with E-state index in [9.17, 15) is 24.5 Å². The molecule has 1 aromatic carbocycles. The molecule has 1 fully saturated rings. The molecule has 3 rings (SSSR count). The van der Waals surface area contributed by atoms with Crippen molar-refractivity contribution in [3.8, 4) is 0 Å². The Labute approximate surface area is 171 Å². The third-order valence-electron chi connectivity index (χ3n) is 4.90. The third-order valence-corrected chi connectivity index (χ3v) is 4.90. The van der Waals surface area contributed by atoms with Gasteiger partial charge in [0.2, 0.25) is 5.91 Å². The molecule has 1 N–H and O–H groups in total. The van der Waals surface area contributed by atoms with Crippen molar-refractivity contribution in [2.45, 2.75) is 26.8 Å². The van der Waals surface area contributed by atoms with Crippen molar-refractivity contribution in [2.75, 3.05) is 18.5 Å². The maximum absolute atomic E-state index is 12.3. The average molecular weight is 415 g/mol. The molecule has 0 aliphatic carbocycles. The minimum atomic E-state index is -0.702. The predicted octanol–water partition coefficient (Wildman–Crippen LogP) is 2.34. The first-order valence-corrected chi connectivity index (χ1v) is 9.27. The summed E-state index contributed by atoms with van der Waals surface area (Å²) in [7, 11) is 0. The Morgan fingerprint density at radius 3 is 2.73 bits per heavy atom. The Kier molecular flexibility index (Phi) is 6.14. The van der Waals surface area contributed by atoms with Crippen molar-refractivity contribution in [3.05, 3.63) is 57.5 Å². The Morgan fingerprint density at radius 1 is 1.33 bits per heavy atom. The molecule has 1 aliphatic heterocycles. The number of carbonyl (C=O) groups excluding carboxylic acids is 3. The summed E-state index contributed by atoms with van der Waals surface area (Å²) in [6.07, 6.45) is 1.49. The molecule has 0 spiro atoms. The van der Waals surface area contributed by atoms with Gasteiger partial charge >= 0.3 is 5.97 Å². The molecule has 10 nitrogen and oxygen atoms in total. The van der Waals surface area contributed by atoms with Crippen LogP contribution in [0.2, 0.25) is 0 Å². The number of benzene rings is 1. The van der Waals surface area contributed by atoms with Crippen LogP contribution in [0.3, 0.4) is 0 Å².